The number of amides is 1. The fourth-order valence-electron chi connectivity index (χ4n) is 2.66. The number of carbonyl (C=O) groups is 1. The quantitative estimate of drug-likeness (QED) is 0.653. The van der Waals surface area contributed by atoms with Crippen molar-refractivity contribution >= 4 is 34.5 Å². The van der Waals surface area contributed by atoms with Gasteiger partial charge in [-0.25, -0.2) is 0 Å². The molecule has 1 saturated heterocycles. The van der Waals surface area contributed by atoms with E-state index in [1.54, 1.807) is 0 Å². The second-order valence-electron chi connectivity index (χ2n) is 5.59. The van der Waals surface area contributed by atoms with Crippen LogP contribution >= 0.6 is 11.8 Å². The Morgan fingerprint density at radius 3 is 2.83 bits per heavy atom. The van der Waals surface area contributed by atoms with Crippen molar-refractivity contribution in [3.8, 4) is 0 Å². The molecule has 8 nitrogen and oxygen atoms in total. The largest absolute Gasteiger partial charge is 0.378 e. The Morgan fingerprint density at radius 1 is 1.21 bits per heavy atom. The SMILES string of the molecule is Cc1ccc2c(c1)nnc1nnc(SCC(=O)N3CCOCC3)n12. The highest BCUT2D eigenvalue weighted by Crippen LogP contribution is 2.21. The molecule has 2 aromatic heterocycles. The zero-order chi connectivity index (χ0) is 16.5. The van der Waals surface area contributed by atoms with Gasteiger partial charge in [0, 0.05) is 13.1 Å². The minimum Gasteiger partial charge on any atom is -0.378 e. The van der Waals surface area contributed by atoms with E-state index < -0.39 is 0 Å². The molecule has 0 atom stereocenters. The van der Waals surface area contributed by atoms with Crippen LogP contribution in [0.15, 0.2) is 23.4 Å². The van der Waals surface area contributed by atoms with E-state index in [0.29, 0.717) is 43.0 Å². The lowest BCUT2D eigenvalue weighted by molar-refractivity contribution is -0.132. The van der Waals surface area contributed by atoms with Crippen LogP contribution in [0.25, 0.3) is 16.8 Å². The fraction of sp³-hybridized carbons (Fsp3) is 0.400. The first-order valence-electron chi connectivity index (χ1n) is 7.69. The van der Waals surface area contributed by atoms with E-state index in [9.17, 15) is 4.79 Å². The monoisotopic (exact) mass is 344 g/mol. The van der Waals surface area contributed by atoms with Crippen LogP contribution in [0.4, 0.5) is 0 Å². The average Bonchev–Trinajstić information content (AvgIpc) is 3.03. The highest BCUT2D eigenvalue weighted by atomic mass is 32.2. The fourth-order valence-corrected chi connectivity index (χ4v) is 3.51. The van der Waals surface area contributed by atoms with E-state index in [2.05, 4.69) is 20.4 Å². The maximum absolute atomic E-state index is 12.3. The van der Waals surface area contributed by atoms with Gasteiger partial charge in [0.25, 0.3) is 5.78 Å². The van der Waals surface area contributed by atoms with E-state index in [0.717, 1.165) is 16.6 Å². The smallest absolute Gasteiger partial charge is 0.275 e. The summed E-state index contributed by atoms with van der Waals surface area (Å²) in [5.74, 6) is 0.839. The number of benzene rings is 1. The number of hydrogen-bond acceptors (Lipinski definition) is 7. The molecule has 0 radical (unpaired) electrons. The first-order chi connectivity index (χ1) is 11.7. The molecule has 24 heavy (non-hydrogen) atoms. The van der Waals surface area contributed by atoms with Crippen LogP contribution in [0.3, 0.4) is 0 Å². The molecular formula is C15H16N6O2S. The second kappa shape index (κ2) is 6.33. The average molecular weight is 344 g/mol. The molecular weight excluding hydrogens is 328 g/mol. The van der Waals surface area contributed by atoms with Crippen molar-refractivity contribution in [2.24, 2.45) is 0 Å². The van der Waals surface area contributed by atoms with Gasteiger partial charge in [-0.3, -0.25) is 9.20 Å². The summed E-state index contributed by atoms with van der Waals surface area (Å²) in [5, 5.41) is 17.1. The summed E-state index contributed by atoms with van der Waals surface area (Å²) in [6.07, 6.45) is 0. The number of aromatic nitrogens is 5. The lowest BCUT2D eigenvalue weighted by Crippen LogP contribution is -2.41. The van der Waals surface area contributed by atoms with Crippen LogP contribution in [0.2, 0.25) is 0 Å². The van der Waals surface area contributed by atoms with Crippen LogP contribution in [0.1, 0.15) is 5.56 Å². The minimum atomic E-state index is 0.0854. The molecule has 0 saturated carbocycles. The van der Waals surface area contributed by atoms with Crippen molar-refractivity contribution in [2.45, 2.75) is 12.1 Å². The summed E-state index contributed by atoms with van der Waals surface area (Å²) < 4.78 is 7.12. The molecule has 0 spiro atoms. The Bertz CT molecular complexity index is 906. The summed E-state index contributed by atoms with van der Waals surface area (Å²) in [5.41, 5.74) is 2.78. The zero-order valence-electron chi connectivity index (χ0n) is 13.2. The highest BCUT2D eigenvalue weighted by molar-refractivity contribution is 7.99. The Hall–Kier alpha value is -2.26. The van der Waals surface area contributed by atoms with Gasteiger partial charge in [0.15, 0.2) is 5.16 Å². The molecule has 1 aromatic carbocycles. The number of hydrogen-bond donors (Lipinski definition) is 0. The van der Waals surface area contributed by atoms with Gasteiger partial charge in [-0.2, -0.15) is 0 Å². The third kappa shape index (κ3) is 2.80. The van der Waals surface area contributed by atoms with Crippen molar-refractivity contribution in [3.63, 3.8) is 0 Å². The molecule has 124 valence electrons. The van der Waals surface area contributed by atoms with Gasteiger partial charge in [0.05, 0.1) is 24.5 Å². The number of thioether (sulfide) groups is 1. The molecule has 0 N–H and O–H groups in total. The molecule has 0 unspecified atom stereocenters. The van der Waals surface area contributed by atoms with Gasteiger partial charge in [0.2, 0.25) is 5.91 Å². The molecule has 1 amide bonds. The molecule has 4 rings (SSSR count). The van der Waals surface area contributed by atoms with E-state index in [1.165, 1.54) is 11.8 Å². The predicted molar refractivity (Wildman–Crippen MR) is 88.9 cm³/mol. The summed E-state index contributed by atoms with van der Waals surface area (Å²) in [6, 6.07) is 5.95. The number of aryl methyl sites for hydroxylation is 1. The second-order valence-corrected chi connectivity index (χ2v) is 6.53. The zero-order valence-corrected chi connectivity index (χ0v) is 14.0. The van der Waals surface area contributed by atoms with E-state index >= 15 is 0 Å². The molecule has 3 heterocycles. The number of nitrogens with zero attached hydrogens (tertiary/aromatic N) is 6. The van der Waals surface area contributed by atoms with Crippen molar-refractivity contribution in [3.05, 3.63) is 23.8 Å². The predicted octanol–water partition coefficient (Wildman–Crippen LogP) is 0.932. The molecule has 1 aliphatic rings. The third-order valence-electron chi connectivity index (χ3n) is 3.92. The van der Waals surface area contributed by atoms with Gasteiger partial charge in [-0.05, 0) is 24.6 Å². The van der Waals surface area contributed by atoms with Gasteiger partial charge < -0.3 is 9.64 Å². The first-order valence-corrected chi connectivity index (χ1v) is 8.67. The number of fused-ring (bicyclic) bond motifs is 3. The number of morpholine rings is 1. The molecule has 9 heteroatoms. The van der Waals surface area contributed by atoms with Gasteiger partial charge in [-0.1, -0.05) is 17.8 Å². The summed E-state index contributed by atoms with van der Waals surface area (Å²) in [7, 11) is 0. The normalized spacial score (nSPS) is 15.3. The van der Waals surface area contributed by atoms with E-state index in [4.69, 9.17) is 4.74 Å². The Labute approximate surface area is 142 Å². The van der Waals surface area contributed by atoms with Crippen molar-refractivity contribution in [2.75, 3.05) is 32.1 Å². The maximum Gasteiger partial charge on any atom is 0.275 e. The molecule has 0 bridgehead atoms. The summed E-state index contributed by atoms with van der Waals surface area (Å²) >= 11 is 1.37. The van der Waals surface area contributed by atoms with Crippen LogP contribution in [-0.4, -0.2) is 67.7 Å². The molecule has 0 aliphatic carbocycles. The molecule has 1 aliphatic heterocycles. The first kappa shape index (κ1) is 15.3. The summed E-state index contributed by atoms with van der Waals surface area (Å²) in [4.78, 5) is 14.1. The van der Waals surface area contributed by atoms with Crippen LogP contribution < -0.4 is 0 Å². The van der Waals surface area contributed by atoms with Crippen molar-refractivity contribution in [1.29, 1.82) is 0 Å². The number of carbonyl (C=O) groups excluding carboxylic acids is 1. The summed E-state index contributed by atoms with van der Waals surface area (Å²) in [6.45, 7) is 4.50. The standard InChI is InChI=1S/C15H16N6O2S/c1-10-2-3-12-11(8-10)16-17-14-18-19-15(21(12)14)24-9-13(22)20-4-6-23-7-5-20/h2-3,8H,4-7,9H2,1H3. The maximum atomic E-state index is 12.3. The lowest BCUT2D eigenvalue weighted by Gasteiger charge is -2.26. The van der Waals surface area contributed by atoms with E-state index in [-0.39, 0.29) is 5.91 Å². The number of ether oxygens (including phenoxy) is 1. The Morgan fingerprint density at radius 2 is 2.00 bits per heavy atom. The topological polar surface area (TPSA) is 85.5 Å². The van der Waals surface area contributed by atoms with Crippen LogP contribution in [0.5, 0.6) is 0 Å². The number of rotatable bonds is 3. The van der Waals surface area contributed by atoms with Gasteiger partial charge >= 0.3 is 0 Å². The highest BCUT2D eigenvalue weighted by Gasteiger charge is 2.19. The minimum absolute atomic E-state index is 0.0854. The Kier molecular flexibility index (Phi) is 4.03. The van der Waals surface area contributed by atoms with Gasteiger partial charge in [-0.15, -0.1) is 20.4 Å². The van der Waals surface area contributed by atoms with Crippen molar-refractivity contribution in [1.82, 2.24) is 29.7 Å². The third-order valence-corrected chi connectivity index (χ3v) is 4.84. The van der Waals surface area contributed by atoms with Gasteiger partial charge in [0.1, 0.15) is 5.52 Å². The van der Waals surface area contributed by atoms with Crippen molar-refractivity contribution < 1.29 is 9.53 Å². The molecule has 3 aromatic rings. The van der Waals surface area contributed by atoms with Crippen LogP contribution in [0, 0.1) is 6.92 Å². The lowest BCUT2D eigenvalue weighted by atomic mass is 10.2. The Balaban J connectivity index is 1.61. The van der Waals surface area contributed by atoms with E-state index in [1.807, 2.05) is 34.4 Å². The van der Waals surface area contributed by atoms with Crippen LogP contribution in [-0.2, 0) is 9.53 Å². The molecule has 1 fully saturated rings.